The van der Waals surface area contributed by atoms with Gasteiger partial charge in [0.1, 0.15) is 13.1 Å². The van der Waals surface area contributed by atoms with Gasteiger partial charge in [0.15, 0.2) is 0 Å². The third-order valence-corrected chi connectivity index (χ3v) is 2.58. The fourth-order valence-electron chi connectivity index (χ4n) is 1.62. The molecule has 2 N–H and O–H groups in total. The van der Waals surface area contributed by atoms with E-state index < -0.39 is 6.03 Å². The third kappa shape index (κ3) is 3.99. The first-order valence-corrected chi connectivity index (χ1v) is 6.09. The summed E-state index contributed by atoms with van der Waals surface area (Å²) in [7, 11) is 1.53. The van der Waals surface area contributed by atoms with Crippen molar-refractivity contribution in [2.75, 3.05) is 39.8 Å². The monoisotopic (exact) mass is 256 g/mol. The van der Waals surface area contributed by atoms with E-state index in [2.05, 4.69) is 17.6 Å². The molecule has 1 saturated heterocycles. The lowest BCUT2D eigenvalue weighted by atomic mass is 10.4. The van der Waals surface area contributed by atoms with Gasteiger partial charge in [0.05, 0.1) is 0 Å². The number of urea groups is 1. The van der Waals surface area contributed by atoms with Crippen LogP contribution in [0.15, 0.2) is 0 Å². The van der Waals surface area contributed by atoms with Crippen LogP contribution in [0.2, 0.25) is 0 Å². The molecule has 1 aliphatic heterocycles. The number of carbonyl (C=O) groups is 3. The zero-order chi connectivity index (χ0) is 13.5. The summed E-state index contributed by atoms with van der Waals surface area (Å²) in [6, 6.07) is -0.417. The van der Waals surface area contributed by atoms with E-state index in [-0.39, 0.29) is 24.9 Å². The summed E-state index contributed by atoms with van der Waals surface area (Å²) in [5.74, 6) is -0.646. The summed E-state index contributed by atoms with van der Waals surface area (Å²) in [6.07, 6.45) is 1.04. The maximum absolute atomic E-state index is 11.5. The average Bonchev–Trinajstić information content (AvgIpc) is 2.56. The minimum atomic E-state index is -0.417. The highest BCUT2D eigenvalue weighted by atomic mass is 16.2. The van der Waals surface area contributed by atoms with Crippen molar-refractivity contribution in [1.82, 2.24) is 20.4 Å². The van der Waals surface area contributed by atoms with E-state index in [1.54, 1.807) is 0 Å². The zero-order valence-electron chi connectivity index (χ0n) is 10.9. The molecule has 0 spiro atoms. The zero-order valence-corrected chi connectivity index (χ0v) is 10.9. The van der Waals surface area contributed by atoms with Crippen LogP contribution >= 0.6 is 0 Å². The molecular weight excluding hydrogens is 236 g/mol. The fraction of sp³-hybridized carbons (Fsp3) is 0.727. The standard InChI is InChI=1S/C11H20N4O3/c1-3-4-12-5-6-13-9(16)7-15-10(17)8-14(2)11(15)18/h12H,3-8H2,1-2H3,(H,13,16). The van der Waals surface area contributed by atoms with Gasteiger partial charge in [-0.25, -0.2) is 4.79 Å². The fourth-order valence-corrected chi connectivity index (χ4v) is 1.62. The minimum absolute atomic E-state index is 0.0458. The molecule has 7 nitrogen and oxygen atoms in total. The summed E-state index contributed by atoms with van der Waals surface area (Å²) in [5.41, 5.74) is 0. The van der Waals surface area contributed by atoms with Crippen LogP contribution in [0.3, 0.4) is 0 Å². The minimum Gasteiger partial charge on any atom is -0.353 e. The molecule has 0 atom stereocenters. The van der Waals surface area contributed by atoms with Crippen molar-refractivity contribution in [3.63, 3.8) is 0 Å². The van der Waals surface area contributed by atoms with Gasteiger partial charge in [0, 0.05) is 20.1 Å². The van der Waals surface area contributed by atoms with E-state index in [9.17, 15) is 14.4 Å². The largest absolute Gasteiger partial charge is 0.353 e. The second kappa shape index (κ2) is 6.95. The Balaban J connectivity index is 2.24. The summed E-state index contributed by atoms with van der Waals surface area (Å²) >= 11 is 0. The molecule has 0 saturated carbocycles. The van der Waals surface area contributed by atoms with Gasteiger partial charge in [-0.1, -0.05) is 6.92 Å². The van der Waals surface area contributed by atoms with Crippen molar-refractivity contribution in [3.05, 3.63) is 0 Å². The number of rotatable bonds is 7. The molecule has 1 rings (SSSR count). The van der Waals surface area contributed by atoms with Crippen molar-refractivity contribution >= 4 is 17.8 Å². The molecule has 0 radical (unpaired) electrons. The Kier molecular flexibility index (Phi) is 5.57. The molecule has 0 bridgehead atoms. The maximum atomic E-state index is 11.5. The van der Waals surface area contributed by atoms with E-state index in [0.717, 1.165) is 17.9 Å². The van der Waals surface area contributed by atoms with Crippen LogP contribution in [-0.4, -0.2) is 67.4 Å². The van der Waals surface area contributed by atoms with Gasteiger partial charge in [-0.15, -0.1) is 0 Å². The predicted octanol–water partition coefficient (Wildman–Crippen LogP) is -1.00. The Bertz CT molecular complexity index is 332. The molecular formula is C11H20N4O3. The van der Waals surface area contributed by atoms with Crippen LogP contribution in [-0.2, 0) is 9.59 Å². The van der Waals surface area contributed by atoms with Gasteiger partial charge in [0.2, 0.25) is 5.91 Å². The number of hydrogen-bond acceptors (Lipinski definition) is 4. The number of likely N-dealkylation sites (N-methyl/N-ethyl adjacent to an activating group) is 1. The second-order valence-corrected chi connectivity index (χ2v) is 4.22. The van der Waals surface area contributed by atoms with Crippen molar-refractivity contribution in [2.24, 2.45) is 0 Å². The van der Waals surface area contributed by atoms with Gasteiger partial charge < -0.3 is 15.5 Å². The van der Waals surface area contributed by atoms with Crippen molar-refractivity contribution < 1.29 is 14.4 Å². The van der Waals surface area contributed by atoms with E-state index in [0.29, 0.717) is 13.1 Å². The summed E-state index contributed by atoms with van der Waals surface area (Å²) in [4.78, 5) is 36.7. The van der Waals surface area contributed by atoms with Crippen LogP contribution in [0.5, 0.6) is 0 Å². The number of nitrogens with one attached hydrogen (secondary N) is 2. The summed E-state index contributed by atoms with van der Waals surface area (Å²) in [5, 5.41) is 5.80. The number of amides is 4. The third-order valence-electron chi connectivity index (χ3n) is 2.58. The summed E-state index contributed by atoms with van der Waals surface area (Å²) < 4.78 is 0. The van der Waals surface area contributed by atoms with Crippen LogP contribution in [0.1, 0.15) is 13.3 Å². The molecule has 4 amide bonds. The average molecular weight is 256 g/mol. The lowest BCUT2D eigenvalue weighted by Crippen LogP contribution is -2.42. The highest BCUT2D eigenvalue weighted by molar-refractivity contribution is 6.04. The Morgan fingerprint density at radius 1 is 1.28 bits per heavy atom. The normalized spacial score (nSPS) is 15.4. The molecule has 0 aliphatic carbocycles. The van der Waals surface area contributed by atoms with E-state index >= 15 is 0 Å². The van der Waals surface area contributed by atoms with E-state index in [1.807, 2.05) is 0 Å². The lowest BCUT2D eigenvalue weighted by Gasteiger charge is -2.13. The summed E-state index contributed by atoms with van der Waals surface area (Å²) in [6.45, 7) is 3.99. The van der Waals surface area contributed by atoms with Gasteiger partial charge in [0.25, 0.3) is 5.91 Å². The molecule has 0 aromatic rings. The molecule has 0 unspecified atom stereocenters. The topological polar surface area (TPSA) is 81.8 Å². The van der Waals surface area contributed by atoms with Crippen LogP contribution in [0.25, 0.3) is 0 Å². The predicted molar refractivity (Wildman–Crippen MR) is 65.9 cm³/mol. The quantitative estimate of drug-likeness (QED) is 0.452. The Hall–Kier alpha value is -1.63. The number of hydrogen-bond donors (Lipinski definition) is 2. The highest BCUT2D eigenvalue weighted by Gasteiger charge is 2.34. The second-order valence-electron chi connectivity index (χ2n) is 4.22. The molecule has 1 fully saturated rings. The van der Waals surface area contributed by atoms with Crippen LogP contribution in [0.4, 0.5) is 4.79 Å². The Morgan fingerprint density at radius 3 is 2.56 bits per heavy atom. The molecule has 1 heterocycles. The maximum Gasteiger partial charge on any atom is 0.327 e. The first-order chi connectivity index (χ1) is 8.56. The Morgan fingerprint density at radius 2 is 2.00 bits per heavy atom. The SMILES string of the molecule is CCCNCCNC(=O)CN1C(=O)CN(C)C1=O. The highest BCUT2D eigenvalue weighted by Crippen LogP contribution is 2.06. The number of nitrogens with zero attached hydrogens (tertiary/aromatic N) is 2. The van der Waals surface area contributed by atoms with E-state index in [4.69, 9.17) is 0 Å². The van der Waals surface area contributed by atoms with Gasteiger partial charge in [-0.2, -0.15) is 0 Å². The molecule has 7 heteroatoms. The van der Waals surface area contributed by atoms with Crippen molar-refractivity contribution in [1.29, 1.82) is 0 Å². The first-order valence-electron chi connectivity index (χ1n) is 6.09. The van der Waals surface area contributed by atoms with Crippen LogP contribution < -0.4 is 10.6 Å². The van der Waals surface area contributed by atoms with Crippen molar-refractivity contribution in [3.8, 4) is 0 Å². The molecule has 18 heavy (non-hydrogen) atoms. The van der Waals surface area contributed by atoms with Gasteiger partial charge in [-0.05, 0) is 13.0 Å². The van der Waals surface area contributed by atoms with Gasteiger partial charge in [-0.3, -0.25) is 14.5 Å². The molecule has 0 aromatic heterocycles. The van der Waals surface area contributed by atoms with E-state index in [1.165, 1.54) is 11.9 Å². The van der Waals surface area contributed by atoms with Gasteiger partial charge >= 0.3 is 6.03 Å². The Labute approximate surface area is 106 Å². The number of imide groups is 1. The van der Waals surface area contributed by atoms with Crippen molar-refractivity contribution in [2.45, 2.75) is 13.3 Å². The molecule has 1 aliphatic rings. The first kappa shape index (κ1) is 14.4. The number of carbonyl (C=O) groups excluding carboxylic acids is 3. The molecule has 102 valence electrons. The smallest absolute Gasteiger partial charge is 0.327 e. The van der Waals surface area contributed by atoms with Crippen LogP contribution in [0, 0.1) is 0 Å². The lowest BCUT2D eigenvalue weighted by molar-refractivity contribution is -0.130. The molecule has 0 aromatic carbocycles.